The molecule has 2 aromatic heterocycles. The molecule has 0 aliphatic rings. The van der Waals surface area contributed by atoms with Gasteiger partial charge in [-0.05, 0) is 24.3 Å². The molecule has 0 saturated carbocycles. The molecule has 2 heterocycles. The summed E-state index contributed by atoms with van der Waals surface area (Å²) in [5.41, 5.74) is 1.74. The number of pyridine rings is 2. The standard InChI is InChI=1S/C11H7ClN2O/c12-11-9(4-2-6-14-11)10-8(7-15)3-1-5-13-10/h1-7H. The molecule has 0 aliphatic carbocycles. The van der Waals surface area contributed by atoms with Gasteiger partial charge in [-0.2, -0.15) is 0 Å². The molecule has 0 unspecified atom stereocenters. The largest absolute Gasteiger partial charge is 0.298 e. The van der Waals surface area contributed by atoms with Gasteiger partial charge in [0.15, 0.2) is 6.29 Å². The number of rotatable bonds is 2. The molecule has 2 rings (SSSR count). The molecule has 2 aromatic rings. The van der Waals surface area contributed by atoms with Crippen molar-refractivity contribution in [2.45, 2.75) is 0 Å². The van der Waals surface area contributed by atoms with Crippen molar-refractivity contribution >= 4 is 17.9 Å². The number of carbonyl (C=O) groups excluding carboxylic acids is 1. The predicted octanol–water partition coefficient (Wildman–Crippen LogP) is 2.61. The molecule has 0 fully saturated rings. The normalized spacial score (nSPS) is 9.93. The van der Waals surface area contributed by atoms with Crippen LogP contribution in [0.4, 0.5) is 0 Å². The second kappa shape index (κ2) is 4.19. The van der Waals surface area contributed by atoms with E-state index in [0.29, 0.717) is 22.0 Å². The molecule has 0 spiro atoms. The van der Waals surface area contributed by atoms with Crippen LogP contribution < -0.4 is 0 Å². The Morgan fingerprint density at radius 2 is 1.87 bits per heavy atom. The summed E-state index contributed by atoms with van der Waals surface area (Å²) < 4.78 is 0. The smallest absolute Gasteiger partial charge is 0.152 e. The lowest BCUT2D eigenvalue weighted by Crippen LogP contribution is -1.92. The Labute approximate surface area is 91.8 Å². The van der Waals surface area contributed by atoms with Crippen molar-refractivity contribution in [2.24, 2.45) is 0 Å². The van der Waals surface area contributed by atoms with E-state index in [9.17, 15) is 4.79 Å². The van der Waals surface area contributed by atoms with Crippen molar-refractivity contribution in [2.75, 3.05) is 0 Å². The third kappa shape index (κ3) is 1.87. The summed E-state index contributed by atoms with van der Waals surface area (Å²) in [6, 6.07) is 6.94. The Balaban J connectivity index is 2.64. The average Bonchev–Trinajstić information content (AvgIpc) is 2.30. The number of aldehydes is 1. The molecule has 3 nitrogen and oxygen atoms in total. The first-order valence-corrected chi connectivity index (χ1v) is 4.72. The van der Waals surface area contributed by atoms with Gasteiger partial charge < -0.3 is 0 Å². The molecular formula is C11H7ClN2O. The van der Waals surface area contributed by atoms with Crippen LogP contribution in [0.2, 0.25) is 5.15 Å². The van der Waals surface area contributed by atoms with Gasteiger partial charge in [0.2, 0.25) is 0 Å². The van der Waals surface area contributed by atoms with Crippen LogP contribution in [0.3, 0.4) is 0 Å². The summed E-state index contributed by atoms with van der Waals surface area (Å²) in [6.45, 7) is 0. The zero-order valence-corrected chi connectivity index (χ0v) is 8.48. The van der Waals surface area contributed by atoms with Crippen molar-refractivity contribution in [1.29, 1.82) is 0 Å². The lowest BCUT2D eigenvalue weighted by atomic mass is 10.1. The highest BCUT2D eigenvalue weighted by atomic mass is 35.5. The molecular weight excluding hydrogens is 212 g/mol. The van der Waals surface area contributed by atoms with Gasteiger partial charge in [-0.25, -0.2) is 4.98 Å². The van der Waals surface area contributed by atoms with Crippen LogP contribution in [0.5, 0.6) is 0 Å². The molecule has 74 valence electrons. The molecule has 0 radical (unpaired) electrons. The van der Waals surface area contributed by atoms with Crippen LogP contribution >= 0.6 is 11.6 Å². The van der Waals surface area contributed by atoms with E-state index < -0.39 is 0 Å². The third-order valence-electron chi connectivity index (χ3n) is 1.98. The molecule has 0 atom stereocenters. The highest BCUT2D eigenvalue weighted by Gasteiger charge is 2.09. The lowest BCUT2D eigenvalue weighted by molar-refractivity contribution is 0.112. The monoisotopic (exact) mass is 218 g/mol. The topological polar surface area (TPSA) is 42.9 Å². The maximum Gasteiger partial charge on any atom is 0.152 e. The summed E-state index contributed by atoms with van der Waals surface area (Å²) >= 11 is 5.92. The molecule has 0 aliphatic heterocycles. The predicted molar refractivity (Wildman–Crippen MR) is 57.9 cm³/mol. The summed E-state index contributed by atoms with van der Waals surface area (Å²) in [5, 5.41) is 0.347. The van der Waals surface area contributed by atoms with E-state index in [1.807, 2.05) is 0 Å². The van der Waals surface area contributed by atoms with Crippen LogP contribution in [-0.2, 0) is 0 Å². The van der Waals surface area contributed by atoms with Gasteiger partial charge in [0.1, 0.15) is 5.15 Å². The van der Waals surface area contributed by atoms with Gasteiger partial charge in [-0.15, -0.1) is 0 Å². The second-order valence-corrected chi connectivity index (χ2v) is 3.26. The minimum absolute atomic E-state index is 0.347. The average molecular weight is 219 g/mol. The van der Waals surface area contributed by atoms with Gasteiger partial charge in [0, 0.05) is 23.5 Å². The first kappa shape index (κ1) is 9.80. The van der Waals surface area contributed by atoms with E-state index >= 15 is 0 Å². The Morgan fingerprint density at radius 1 is 1.13 bits per heavy atom. The quantitative estimate of drug-likeness (QED) is 0.575. The Kier molecular flexibility index (Phi) is 2.74. The number of halogens is 1. The molecule has 0 aromatic carbocycles. The molecule has 15 heavy (non-hydrogen) atoms. The first-order valence-electron chi connectivity index (χ1n) is 4.34. The zero-order chi connectivity index (χ0) is 10.7. The van der Waals surface area contributed by atoms with E-state index in [4.69, 9.17) is 11.6 Å². The number of hydrogen-bond acceptors (Lipinski definition) is 3. The summed E-state index contributed by atoms with van der Waals surface area (Å²) in [6.07, 6.45) is 3.96. The van der Waals surface area contributed by atoms with Crippen molar-refractivity contribution in [3.8, 4) is 11.3 Å². The van der Waals surface area contributed by atoms with Crippen LogP contribution in [0.25, 0.3) is 11.3 Å². The minimum Gasteiger partial charge on any atom is -0.298 e. The van der Waals surface area contributed by atoms with E-state index in [0.717, 1.165) is 6.29 Å². The first-order chi connectivity index (χ1) is 7.33. The van der Waals surface area contributed by atoms with Gasteiger partial charge in [-0.1, -0.05) is 11.6 Å². The van der Waals surface area contributed by atoms with Crippen molar-refractivity contribution in [3.05, 3.63) is 47.4 Å². The number of hydrogen-bond donors (Lipinski definition) is 0. The van der Waals surface area contributed by atoms with E-state index in [1.165, 1.54) is 0 Å². The van der Waals surface area contributed by atoms with Crippen LogP contribution in [0, 0.1) is 0 Å². The molecule has 0 N–H and O–H groups in total. The summed E-state index contributed by atoms with van der Waals surface area (Å²) in [4.78, 5) is 18.9. The Hall–Kier alpha value is -1.74. The van der Waals surface area contributed by atoms with Crippen LogP contribution in [0.15, 0.2) is 36.7 Å². The van der Waals surface area contributed by atoms with Crippen molar-refractivity contribution in [3.63, 3.8) is 0 Å². The van der Waals surface area contributed by atoms with Gasteiger partial charge in [0.05, 0.1) is 5.69 Å². The Bertz CT molecular complexity index is 499. The second-order valence-electron chi connectivity index (χ2n) is 2.90. The molecule has 4 heteroatoms. The maximum atomic E-state index is 10.8. The number of nitrogens with zero attached hydrogens (tertiary/aromatic N) is 2. The number of aromatic nitrogens is 2. The maximum absolute atomic E-state index is 10.8. The molecule has 0 saturated heterocycles. The van der Waals surface area contributed by atoms with Gasteiger partial charge in [-0.3, -0.25) is 9.78 Å². The fourth-order valence-corrected chi connectivity index (χ4v) is 1.51. The SMILES string of the molecule is O=Cc1cccnc1-c1cccnc1Cl. The van der Waals surface area contributed by atoms with Crippen LogP contribution in [0.1, 0.15) is 10.4 Å². The van der Waals surface area contributed by atoms with Crippen LogP contribution in [-0.4, -0.2) is 16.3 Å². The van der Waals surface area contributed by atoms with Gasteiger partial charge in [0.25, 0.3) is 0 Å². The highest BCUT2D eigenvalue weighted by Crippen LogP contribution is 2.25. The lowest BCUT2D eigenvalue weighted by Gasteiger charge is -2.04. The van der Waals surface area contributed by atoms with Crippen molar-refractivity contribution in [1.82, 2.24) is 9.97 Å². The van der Waals surface area contributed by atoms with Crippen molar-refractivity contribution < 1.29 is 4.79 Å². The zero-order valence-electron chi connectivity index (χ0n) is 7.72. The van der Waals surface area contributed by atoms with Gasteiger partial charge >= 0.3 is 0 Å². The number of carbonyl (C=O) groups is 1. The van der Waals surface area contributed by atoms with E-state index in [2.05, 4.69) is 9.97 Å². The fourth-order valence-electron chi connectivity index (χ4n) is 1.30. The fraction of sp³-hybridized carbons (Fsp3) is 0. The summed E-state index contributed by atoms with van der Waals surface area (Å²) in [7, 11) is 0. The molecule has 0 bridgehead atoms. The van der Waals surface area contributed by atoms with E-state index in [-0.39, 0.29) is 0 Å². The Morgan fingerprint density at radius 3 is 2.60 bits per heavy atom. The van der Waals surface area contributed by atoms with E-state index in [1.54, 1.807) is 36.7 Å². The molecule has 0 amide bonds. The minimum atomic E-state index is 0.347. The third-order valence-corrected chi connectivity index (χ3v) is 2.28. The highest BCUT2D eigenvalue weighted by molar-refractivity contribution is 6.32. The summed E-state index contributed by atoms with van der Waals surface area (Å²) in [5.74, 6) is 0.